The summed E-state index contributed by atoms with van der Waals surface area (Å²) in [4.78, 5) is 14.0. The van der Waals surface area contributed by atoms with E-state index in [2.05, 4.69) is 5.16 Å². The molecule has 0 radical (unpaired) electrons. The minimum absolute atomic E-state index is 0.218. The van der Waals surface area contributed by atoms with E-state index in [4.69, 9.17) is 13.7 Å². The van der Waals surface area contributed by atoms with Crippen molar-refractivity contribution in [2.75, 3.05) is 7.05 Å². The summed E-state index contributed by atoms with van der Waals surface area (Å²) in [6.07, 6.45) is 0. The molecule has 0 aliphatic carbocycles. The Bertz CT molecular complexity index is 816. The minimum atomic E-state index is -0.238. The lowest BCUT2D eigenvalue weighted by molar-refractivity contribution is 0.0748. The molecule has 0 aliphatic rings. The summed E-state index contributed by atoms with van der Waals surface area (Å²) < 4.78 is 16.2. The maximum atomic E-state index is 12.5. The molecule has 0 bridgehead atoms. The molecule has 3 aromatic rings. The van der Waals surface area contributed by atoms with Crippen molar-refractivity contribution in [2.24, 2.45) is 0 Å². The van der Waals surface area contributed by atoms with Crippen LogP contribution in [0.5, 0.6) is 11.7 Å². The molecule has 1 aromatic carbocycles. The van der Waals surface area contributed by atoms with Crippen molar-refractivity contribution in [3.63, 3.8) is 0 Å². The molecule has 1 amide bonds. The van der Waals surface area contributed by atoms with E-state index in [1.54, 1.807) is 24.1 Å². The Hall–Kier alpha value is -3.02. The molecule has 2 heterocycles. The Kier molecular flexibility index (Phi) is 4.37. The third kappa shape index (κ3) is 3.32. The van der Waals surface area contributed by atoms with E-state index in [9.17, 15) is 4.79 Å². The van der Waals surface area contributed by atoms with E-state index in [0.29, 0.717) is 18.1 Å². The number of carbonyl (C=O) groups excluding carboxylic acids is 1. The number of carbonyl (C=O) groups is 1. The summed E-state index contributed by atoms with van der Waals surface area (Å²) in [6, 6.07) is 12.5. The zero-order valence-corrected chi connectivity index (χ0v) is 13.8. The third-order valence-corrected chi connectivity index (χ3v) is 3.68. The van der Waals surface area contributed by atoms with E-state index in [0.717, 1.165) is 11.3 Å². The average molecular weight is 326 g/mol. The zero-order chi connectivity index (χ0) is 17.1. The van der Waals surface area contributed by atoms with Crippen molar-refractivity contribution in [1.29, 1.82) is 0 Å². The van der Waals surface area contributed by atoms with Gasteiger partial charge in [0.1, 0.15) is 11.5 Å². The lowest BCUT2D eigenvalue weighted by Crippen LogP contribution is -2.26. The van der Waals surface area contributed by atoms with Gasteiger partial charge in [-0.2, -0.15) is 0 Å². The highest BCUT2D eigenvalue weighted by molar-refractivity contribution is 5.91. The number of aryl methyl sites for hydroxylation is 2. The molecule has 0 unspecified atom stereocenters. The molecule has 0 spiro atoms. The highest BCUT2D eigenvalue weighted by atomic mass is 16.6. The van der Waals surface area contributed by atoms with E-state index < -0.39 is 0 Å². The quantitative estimate of drug-likeness (QED) is 0.710. The summed E-state index contributed by atoms with van der Waals surface area (Å²) in [7, 11) is 1.70. The van der Waals surface area contributed by atoms with Gasteiger partial charge >= 0.3 is 0 Å². The molecule has 2 aromatic heterocycles. The van der Waals surface area contributed by atoms with Gasteiger partial charge in [0, 0.05) is 18.7 Å². The van der Waals surface area contributed by atoms with Gasteiger partial charge in [0.25, 0.3) is 11.9 Å². The fourth-order valence-electron chi connectivity index (χ4n) is 2.32. The molecule has 0 N–H and O–H groups in total. The Balaban J connectivity index is 1.69. The van der Waals surface area contributed by atoms with Gasteiger partial charge in [-0.1, -0.05) is 23.4 Å². The van der Waals surface area contributed by atoms with Crippen molar-refractivity contribution < 1.29 is 18.5 Å². The Morgan fingerprint density at radius 1 is 1.17 bits per heavy atom. The van der Waals surface area contributed by atoms with Gasteiger partial charge in [0.15, 0.2) is 5.76 Å². The van der Waals surface area contributed by atoms with Crippen LogP contribution >= 0.6 is 0 Å². The predicted octanol–water partition coefficient (Wildman–Crippen LogP) is 3.95. The fourth-order valence-corrected chi connectivity index (χ4v) is 2.32. The first-order chi connectivity index (χ1) is 11.5. The van der Waals surface area contributed by atoms with Crippen LogP contribution in [0.15, 0.2) is 51.4 Å². The van der Waals surface area contributed by atoms with Crippen LogP contribution in [0.2, 0.25) is 0 Å². The number of hydrogen-bond acceptors (Lipinski definition) is 5. The maximum absolute atomic E-state index is 12.5. The largest absolute Gasteiger partial charge is 0.426 e. The van der Waals surface area contributed by atoms with Crippen LogP contribution in [0.1, 0.15) is 27.6 Å². The Labute approximate surface area is 139 Å². The van der Waals surface area contributed by atoms with E-state index >= 15 is 0 Å². The molecule has 6 heteroatoms. The number of aromatic nitrogens is 1. The van der Waals surface area contributed by atoms with Crippen LogP contribution in [0.25, 0.3) is 0 Å². The third-order valence-electron chi connectivity index (χ3n) is 3.68. The molecule has 0 saturated heterocycles. The van der Waals surface area contributed by atoms with Crippen LogP contribution in [0.3, 0.4) is 0 Å². The van der Waals surface area contributed by atoms with E-state index in [1.807, 2.05) is 44.2 Å². The Morgan fingerprint density at radius 2 is 1.92 bits per heavy atom. The molecule has 124 valence electrons. The first kappa shape index (κ1) is 15.9. The van der Waals surface area contributed by atoms with Gasteiger partial charge in [-0.25, -0.2) is 0 Å². The smallest absolute Gasteiger partial charge is 0.290 e. The van der Waals surface area contributed by atoms with Crippen LogP contribution in [-0.4, -0.2) is 23.0 Å². The standard InChI is InChI=1S/C18H18N2O4/c1-12-15(13(2)24-19-12)11-20(3)18(21)16-9-10-17(23-16)22-14-7-5-4-6-8-14/h4-10H,11H2,1-3H3. The highest BCUT2D eigenvalue weighted by Gasteiger charge is 2.20. The van der Waals surface area contributed by atoms with Crippen molar-refractivity contribution in [2.45, 2.75) is 20.4 Å². The lowest BCUT2D eigenvalue weighted by Gasteiger charge is -2.15. The molecule has 0 saturated carbocycles. The van der Waals surface area contributed by atoms with E-state index in [1.165, 1.54) is 0 Å². The van der Waals surface area contributed by atoms with Gasteiger partial charge in [0.2, 0.25) is 0 Å². The van der Waals surface area contributed by atoms with Crippen LogP contribution in [0.4, 0.5) is 0 Å². The number of hydrogen-bond donors (Lipinski definition) is 0. The summed E-state index contributed by atoms with van der Waals surface area (Å²) in [5.74, 6) is 1.61. The normalized spacial score (nSPS) is 10.6. The fraction of sp³-hybridized carbons (Fsp3) is 0.222. The molecular weight excluding hydrogens is 308 g/mol. The maximum Gasteiger partial charge on any atom is 0.290 e. The van der Waals surface area contributed by atoms with Crippen LogP contribution in [-0.2, 0) is 6.54 Å². The number of benzene rings is 1. The number of furan rings is 1. The van der Waals surface area contributed by atoms with Crippen molar-refractivity contribution >= 4 is 5.91 Å². The van der Waals surface area contributed by atoms with Gasteiger partial charge < -0.3 is 18.6 Å². The molecule has 0 aliphatic heterocycles. The second-order valence-electron chi connectivity index (χ2n) is 5.50. The van der Waals surface area contributed by atoms with Crippen molar-refractivity contribution in [3.8, 4) is 11.7 Å². The highest BCUT2D eigenvalue weighted by Crippen LogP contribution is 2.24. The first-order valence-corrected chi connectivity index (χ1v) is 7.54. The number of ether oxygens (including phenoxy) is 1. The van der Waals surface area contributed by atoms with Crippen molar-refractivity contribution in [3.05, 3.63) is 65.2 Å². The van der Waals surface area contributed by atoms with Crippen LogP contribution < -0.4 is 4.74 Å². The van der Waals surface area contributed by atoms with Gasteiger partial charge in [-0.05, 0) is 32.0 Å². The summed E-state index contributed by atoms with van der Waals surface area (Å²) in [5, 5.41) is 3.90. The summed E-state index contributed by atoms with van der Waals surface area (Å²) in [5.41, 5.74) is 1.68. The number of rotatable bonds is 5. The molecule has 24 heavy (non-hydrogen) atoms. The minimum Gasteiger partial charge on any atom is -0.426 e. The van der Waals surface area contributed by atoms with Gasteiger partial charge in [-0.15, -0.1) is 0 Å². The topological polar surface area (TPSA) is 68.7 Å². The van der Waals surface area contributed by atoms with Gasteiger partial charge in [-0.3, -0.25) is 4.79 Å². The molecular formula is C18H18N2O4. The average Bonchev–Trinajstić information content (AvgIpc) is 3.17. The van der Waals surface area contributed by atoms with Crippen LogP contribution in [0, 0.1) is 13.8 Å². The summed E-state index contributed by atoms with van der Waals surface area (Å²) in [6.45, 7) is 4.07. The van der Waals surface area contributed by atoms with Crippen molar-refractivity contribution in [1.82, 2.24) is 10.1 Å². The first-order valence-electron chi connectivity index (χ1n) is 7.54. The second kappa shape index (κ2) is 6.62. The molecule has 0 atom stereocenters. The number of nitrogens with zero attached hydrogens (tertiary/aromatic N) is 2. The molecule has 0 fully saturated rings. The molecule has 6 nitrogen and oxygen atoms in total. The van der Waals surface area contributed by atoms with Gasteiger partial charge in [0.05, 0.1) is 12.2 Å². The SMILES string of the molecule is Cc1noc(C)c1CN(C)C(=O)c1ccc(Oc2ccccc2)o1. The predicted molar refractivity (Wildman–Crippen MR) is 87.0 cm³/mol. The summed E-state index contributed by atoms with van der Waals surface area (Å²) >= 11 is 0. The molecule has 3 rings (SSSR count). The number of amides is 1. The van der Waals surface area contributed by atoms with E-state index in [-0.39, 0.29) is 17.6 Å². The lowest BCUT2D eigenvalue weighted by atomic mass is 10.2. The monoisotopic (exact) mass is 326 g/mol. The Morgan fingerprint density at radius 3 is 2.58 bits per heavy atom. The second-order valence-corrected chi connectivity index (χ2v) is 5.50. The zero-order valence-electron chi connectivity index (χ0n) is 13.8. The number of para-hydroxylation sites is 1.